The largest absolute Gasteiger partial charge is 0.343 e. The van der Waals surface area contributed by atoms with Gasteiger partial charge in [-0.3, -0.25) is 4.79 Å². The molecule has 0 saturated carbocycles. The van der Waals surface area contributed by atoms with Crippen LogP contribution in [0.3, 0.4) is 0 Å². The monoisotopic (exact) mass is 440 g/mol. The van der Waals surface area contributed by atoms with Crippen molar-refractivity contribution in [3.8, 4) is 22.4 Å². The van der Waals surface area contributed by atoms with E-state index in [4.69, 9.17) is 0 Å². The minimum Gasteiger partial charge on any atom is -0.343 e. The van der Waals surface area contributed by atoms with Crippen LogP contribution in [0, 0.1) is 5.82 Å². The Balaban J connectivity index is 1.99. The first kappa shape index (κ1) is 22.5. The molecule has 33 heavy (non-hydrogen) atoms. The van der Waals surface area contributed by atoms with E-state index in [0.29, 0.717) is 12.0 Å². The SMILES string of the molecule is CCCCn1c(CC)c(C(=O)Nc2ccccc2)c(-c2ccccc2)c1-c1ccc(F)cc1. The van der Waals surface area contributed by atoms with E-state index in [0.717, 1.165) is 53.2 Å². The number of carbonyl (C=O) groups is 1. The standard InChI is InChI=1S/C29H29FN2O/c1-3-5-20-32-25(4-2)27(29(33)31-24-14-10-7-11-15-24)26(21-12-8-6-9-13-21)28(32)22-16-18-23(30)19-17-22/h6-19H,3-5,20H2,1-2H3,(H,31,33). The molecule has 0 aliphatic rings. The molecule has 4 rings (SSSR count). The van der Waals surface area contributed by atoms with Gasteiger partial charge >= 0.3 is 0 Å². The summed E-state index contributed by atoms with van der Waals surface area (Å²) in [6.45, 7) is 5.04. The van der Waals surface area contributed by atoms with E-state index in [2.05, 4.69) is 23.7 Å². The normalized spacial score (nSPS) is 10.9. The topological polar surface area (TPSA) is 34.0 Å². The fourth-order valence-electron chi connectivity index (χ4n) is 4.35. The average molecular weight is 441 g/mol. The van der Waals surface area contributed by atoms with Crippen molar-refractivity contribution in [2.75, 3.05) is 5.32 Å². The summed E-state index contributed by atoms with van der Waals surface area (Å²) < 4.78 is 16.0. The molecule has 1 heterocycles. The lowest BCUT2D eigenvalue weighted by atomic mass is 9.96. The lowest BCUT2D eigenvalue weighted by molar-refractivity contribution is 0.102. The molecule has 1 amide bonds. The van der Waals surface area contributed by atoms with Crippen LogP contribution in [0.2, 0.25) is 0 Å². The van der Waals surface area contributed by atoms with E-state index in [1.165, 1.54) is 12.1 Å². The van der Waals surface area contributed by atoms with Gasteiger partial charge in [0, 0.05) is 23.5 Å². The van der Waals surface area contributed by atoms with Gasteiger partial charge in [0.25, 0.3) is 5.91 Å². The highest BCUT2D eigenvalue weighted by atomic mass is 19.1. The van der Waals surface area contributed by atoms with Crippen molar-refractivity contribution in [3.63, 3.8) is 0 Å². The van der Waals surface area contributed by atoms with E-state index in [1.54, 1.807) is 12.1 Å². The van der Waals surface area contributed by atoms with Gasteiger partial charge in [-0.25, -0.2) is 4.39 Å². The molecule has 0 bridgehead atoms. The number of nitrogens with zero attached hydrogens (tertiary/aromatic N) is 1. The fraction of sp³-hybridized carbons (Fsp3) is 0.207. The molecule has 0 unspecified atom stereocenters. The Hall–Kier alpha value is -3.66. The summed E-state index contributed by atoms with van der Waals surface area (Å²) in [6, 6.07) is 26.1. The Morgan fingerprint density at radius 1 is 0.848 bits per heavy atom. The third-order valence-corrected chi connectivity index (χ3v) is 5.88. The number of halogens is 1. The van der Waals surface area contributed by atoms with Gasteiger partial charge in [0.15, 0.2) is 0 Å². The Morgan fingerprint density at radius 2 is 1.48 bits per heavy atom. The summed E-state index contributed by atoms with van der Waals surface area (Å²) in [5.74, 6) is -0.403. The first-order chi connectivity index (χ1) is 16.1. The van der Waals surface area contributed by atoms with Gasteiger partial charge in [-0.05, 0) is 60.4 Å². The second kappa shape index (κ2) is 10.3. The van der Waals surface area contributed by atoms with Gasteiger partial charge < -0.3 is 9.88 Å². The quantitative estimate of drug-likeness (QED) is 0.301. The Morgan fingerprint density at radius 3 is 2.09 bits per heavy atom. The van der Waals surface area contributed by atoms with Crippen molar-refractivity contribution in [1.82, 2.24) is 4.57 Å². The van der Waals surface area contributed by atoms with E-state index in [-0.39, 0.29) is 11.7 Å². The summed E-state index contributed by atoms with van der Waals surface area (Å²) in [5.41, 5.74) is 6.17. The number of anilines is 1. The van der Waals surface area contributed by atoms with Crippen LogP contribution < -0.4 is 5.32 Å². The highest BCUT2D eigenvalue weighted by molar-refractivity contribution is 6.12. The zero-order valence-electron chi connectivity index (χ0n) is 19.1. The maximum Gasteiger partial charge on any atom is 0.258 e. The van der Waals surface area contributed by atoms with E-state index >= 15 is 0 Å². The molecule has 0 aliphatic carbocycles. The molecule has 1 N–H and O–H groups in total. The van der Waals surface area contributed by atoms with Crippen molar-refractivity contribution in [2.45, 2.75) is 39.7 Å². The molecule has 0 spiro atoms. The minimum absolute atomic E-state index is 0.129. The lowest BCUT2D eigenvalue weighted by Gasteiger charge is -2.14. The van der Waals surface area contributed by atoms with Gasteiger partial charge in [0.05, 0.1) is 11.3 Å². The van der Waals surface area contributed by atoms with Crippen LogP contribution in [-0.2, 0) is 13.0 Å². The first-order valence-electron chi connectivity index (χ1n) is 11.6. The first-order valence-corrected chi connectivity index (χ1v) is 11.6. The Bertz CT molecular complexity index is 1210. The van der Waals surface area contributed by atoms with Gasteiger partial charge in [-0.1, -0.05) is 68.8 Å². The van der Waals surface area contributed by atoms with Crippen LogP contribution in [-0.4, -0.2) is 10.5 Å². The van der Waals surface area contributed by atoms with Gasteiger partial charge in [0.2, 0.25) is 0 Å². The average Bonchev–Trinajstić information content (AvgIpc) is 3.18. The molecule has 4 heteroatoms. The molecule has 1 aromatic heterocycles. The molecule has 168 valence electrons. The number of hydrogen-bond acceptors (Lipinski definition) is 1. The van der Waals surface area contributed by atoms with E-state index in [1.807, 2.05) is 60.7 Å². The molecule has 0 saturated heterocycles. The summed E-state index contributed by atoms with van der Waals surface area (Å²) in [5, 5.41) is 3.09. The smallest absolute Gasteiger partial charge is 0.258 e. The number of nitrogens with one attached hydrogen (secondary N) is 1. The minimum atomic E-state index is -0.274. The number of rotatable bonds is 8. The number of amides is 1. The van der Waals surface area contributed by atoms with Crippen LogP contribution >= 0.6 is 0 Å². The number of unbranched alkanes of at least 4 members (excludes halogenated alkanes) is 1. The predicted molar refractivity (Wildman–Crippen MR) is 134 cm³/mol. The van der Waals surface area contributed by atoms with Crippen molar-refractivity contribution in [2.24, 2.45) is 0 Å². The van der Waals surface area contributed by atoms with Crippen molar-refractivity contribution >= 4 is 11.6 Å². The van der Waals surface area contributed by atoms with Crippen molar-refractivity contribution in [1.29, 1.82) is 0 Å². The summed E-state index contributed by atoms with van der Waals surface area (Å²) >= 11 is 0. The second-order valence-corrected chi connectivity index (χ2v) is 8.10. The summed E-state index contributed by atoms with van der Waals surface area (Å²) in [6.07, 6.45) is 2.74. The van der Waals surface area contributed by atoms with Crippen LogP contribution in [0.4, 0.5) is 10.1 Å². The molecular formula is C29H29FN2O. The third kappa shape index (κ3) is 4.75. The fourth-order valence-corrected chi connectivity index (χ4v) is 4.35. The summed E-state index contributed by atoms with van der Waals surface area (Å²) in [4.78, 5) is 13.7. The highest BCUT2D eigenvalue weighted by Gasteiger charge is 2.28. The summed E-state index contributed by atoms with van der Waals surface area (Å²) in [7, 11) is 0. The van der Waals surface area contributed by atoms with Crippen LogP contribution in [0.25, 0.3) is 22.4 Å². The molecule has 3 aromatic carbocycles. The zero-order chi connectivity index (χ0) is 23.2. The highest BCUT2D eigenvalue weighted by Crippen LogP contribution is 2.40. The Kier molecular flexibility index (Phi) is 7.04. The Labute approximate surface area is 194 Å². The van der Waals surface area contributed by atoms with Gasteiger partial charge in [-0.2, -0.15) is 0 Å². The molecule has 3 nitrogen and oxygen atoms in total. The van der Waals surface area contributed by atoms with E-state index in [9.17, 15) is 9.18 Å². The van der Waals surface area contributed by atoms with Gasteiger partial charge in [-0.15, -0.1) is 0 Å². The molecule has 4 aromatic rings. The van der Waals surface area contributed by atoms with Crippen LogP contribution in [0.5, 0.6) is 0 Å². The van der Waals surface area contributed by atoms with Crippen LogP contribution in [0.1, 0.15) is 42.7 Å². The maximum atomic E-state index is 13.8. The molecular weight excluding hydrogens is 411 g/mol. The second-order valence-electron chi connectivity index (χ2n) is 8.10. The number of benzene rings is 3. The third-order valence-electron chi connectivity index (χ3n) is 5.88. The number of hydrogen-bond donors (Lipinski definition) is 1. The predicted octanol–water partition coefficient (Wildman–Crippen LogP) is 7.58. The molecule has 0 radical (unpaired) electrons. The maximum absolute atomic E-state index is 13.8. The number of carbonyl (C=O) groups excluding carboxylic acids is 1. The van der Waals surface area contributed by atoms with Crippen LogP contribution in [0.15, 0.2) is 84.9 Å². The van der Waals surface area contributed by atoms with Crippen molar-refractivity contribution < 1.29 is 9.18 Å². The molecule has 0 aliphatic heterocycles. The lowest BCUT2D eigenvalue weighted by Crippen LogP contribution is -2.15. The van der Waals surface area contributed by atoms with Gasteiger partial charge in [0.1, 0.15) is 5.82 Å². The van der Waals surface area contributed by atoms with E-state index < -0.39 is 0 Å². The number of para-hydroxylation sites is 1. The van der Waals surface area contributed by atoms with Crippen molar-refractivity contribution in [3.05, 3.63) is 102 Å². The molecule has 0 fully saturated rings. The number of aromatic nitrogens is 1. The molecule has 0 atom stereocenters. The zero-order valence-corrected chi connectivity index (χ0v) is 19.1.